The Morgan fingerprint density at radius 2 is 1.79 bits per heavy atom. The van der Waals surface area contributed by atoms with Crippen molar-refractivity contribution in [2.24, 2.45) is 5.92 Å². The van der Waals surface area contributed by atoms with Gasteiger partial charge in [0.1, 0.15) is 0 Å². The molecule has 84 valence electrons. The van der Waals surface area contributed by atoms with Crippen LogP contribution in [0.2, 0.25) is 0 Å². The highest BCUT2D eigenvalue weighted by Gasteiger charge is 2.27. The van der Waals surface area contributed by atoms with Crippen LogP contribution in [0.25, 0.3) is 0 Å². The molecule has 0 heterocycles. The Morgan fingerprint density at radius 3 is 2.21 bits per heavy atom. The van der Waals surface area contributed by atoms with E-state index in [1.54, 1.807) is 0 Å². The zero-order valence-electron chi connectivity index (χ0n) is 9.87. The average molecular weight is 199 g/mol. The summed E-state index contributed by atoms with van der Waals surface area (Å²) < 4.78 is 0. The molecular weight excluding hydrogens is 174 g/mol. The largest absolute Gasteiger partial charge is 0.393 e. The molecule has 0 aromatic carbocycles. The van der Waals surface area contributed by atoms with E-state index in [9.17, 15) is 5.11 Å². The number of nitrogens with zero attached hydrogens (tertiary/aromatic N) is 1. The first kappa shape index (κ1) is 12.0. The molecule has 0 aromatic rings. The molecule has 1 aliphatic rings. The highest BCUT2D eigenvalue weighted by Crippen LogP contribution is 2.30. The fourth-order valence-corrected chi connectivity index (χ4v) is 2.70. The Balaban J connectivity index is 2.43. The van der Waals surface area contributed by atoms with E-state index < -0.39 is 0 Å². The molecule has 1 N–H and O–H groups in total. The summed E-state index contributed by atoms with van der Waals surface area (Å²) in [6, 6.07) is 0.729. The van der Waals surface area contributed by atoms with Crippen molar-refractivity contribution in [3.63, 3.8) is 0 Å². The van der Waals surface area contributed by atoms with Crippen molar-refractivity contribution in [1.82, 2.24) is 4.90 Å². The quantitative estimate of drug-likeness (QED) is 0.751. The van der Waals surface area contributed by atoms with Gasteiger partial charge >= 0.3 is 0 Å². The van der Waals surface area contributed by atoms with Gasteiger partial charge in [0.15, 0.2) is 0 Å². The van der Waals surface area contributed by atoms with E-state index in [1.807, 2.05) is 0 Å². The first-order chi connectivity index (χ1) is 6.65. The van der Waals surface area contributed by atoms with Crippen molar-refractivity contribution in [3.05, 3.63) is 0 Å². The Hall–Kier alpha value is -0.0800. The molecule has 0 amide bonds. The molecule has 0 bridgehead atoms. The van der Waals surface area contributed by atoms with Gasteiger partial charge in [-0.15, -0.1) is 0 Å². The molecule has 14 heavy (non-hydrogen) atoms. The molecule has 1 rings (SSSR count). The van der Waals surface area contributed by atoms with Crippen LogP contribution in [0.5, 0.6) is 0 Å². The van der Waals surface area contributed by atoms with E-state index in [0.29, 0.717) is 0 Å². The molecule has 1 atom stereocenters. The maximum absolute atomic E-state index is 9.46. The number of hydrogen-bond donors (Lipinski definition) is 1. The Morgan fingerprint density at radius 1 is 1.21 bits per heavy atom. The maximum Gasteiger partial charge on any atom is 0.0540 e. The number of hydrogen-bond acceptors (Lipinski definition) is 2. The molecule has 0 aliphatic heterocycles. The molecule has 0 spiro atoms. The molecule has 1 aliphatic carbocycles. The predicted molar refractivity (Wildman–Crippen MR) is 60.3 cm³/mol. The van der Waals surface area contributed by atoms with E-state index in [0.717, 1.165) is 24.8 Å². The van der Waals surface area contributed by atoms with Gasteiger partial charge in [0, 0.05) is 6.04 Å². The van der Waals surface area contributed by atoms with E-state index in [4.69, 9.17) is 0 Å². The van der Waals surface area contributed by atoms with Gasteiger partial charge < -0.3 is 10.0 Å². The van der Waals surface area contributed by atoms with Gasteiger partial charge in [-0.25, -0.2) is 0 Å². The minimum absolute atomic E-state index is 0.0179. The summed E-state index contributed by atoms with van der Waals surface area (Å²) in [6.07, 6.45) is 7.00. The van der Waals surface area contributed by atoms with E-state index in [-0.39, 0.29) is 6.10 Å². The molecule has 0 radical (unpaired) electrons. The minimum atomic E-state index is -0.0179. The summed E-state index contributed by atoms with van der Waals surface area (Å²) >= 11 is 0. The second kappa shape index (κ2) is 5.72. The van der Waals surface area contributed by atoms with Crippen LogP contribution in [-0.4, -0.2) is 36.2 Å². The summed E-state index contributed by atoms with van der Waals surface area (Å²) in [7, 11) is 4.37. The lowest BCUT2D eigenvalue weighted by atomic mass is 9.80. The zero-order chi connectivity index (χ0) is 10.6. The zero-order valence-corrected chi connectivity index (χ0v) is 9.87. The van der Waals surface area contributed by atoms with Crippen LogP contribution in [0, 0.1) is 5.92 Å². The molecule has 1 fully saturated rings. The van der Waals surface area contributed by atoms with Crippen molar-refractivity contribution < 1.29 is 5.11 Å². The lowest BCUT2D eigenvalue weighted by Crippen LogP contribution is -2.37. The first-order valence-electron chi connectivity index (χ1n) is 5.99. The average Bonchev–Trinajstić information content (AvgIpc) is 2.15. The van der Waals surface area contributed by atoms with Crippen LogP contribution in [0.1, 0.15) is 45.4 Å². The van der Waals surface area contributed by atoms with Crippen molar-refractivity contribution >= 4 is 0 Å². The normalized spacial score (nSPS) is 30.6. The van der Waals surface area contributed by atoms with Gasteiger partial charge in [-0.2, -0.15) is 0 Å². The third-order valence-electron chi connectivity index (χ3n) is 3.53. The van der Waals surface area contributed by atoms with Crippen LogP contribution in [0.15, 0.2) is 0 Å². The molecular formula is C12H25NO. The van der Waals surface area contributed by atoms with Gasteiger partial charge in [0.05, 0.1) is 6.10 Å². The first-order valence-corrected chi connectivity index (χ1v) is 5.99. The topological polar surface area (TPSA) is 23.5 Å². The van der Waals surface area contributed by atoms with Gasteiger partial charge in [-0.05, 0) is 52.1 Å². The van der Waals surface area contributed by atoms with Crippen LogP contribution >= 0.6 is 0 Å². The molecule has 0 saturated heterocycles. The molecule has 2 nitrogen and oxygen atoms in total. The molecule has 1 saturated carbocycles. The van der Waals surface area contributed by atoms with Crippen LogP contribution in [-0.2, 0) is 0 Å². The number of aliphatic hydroxyl groups excluding tert-OH is 1. The van der Waals surface area contributed by atoms with Gasteiger partial charge in [-0.1, -0.05) is 13.3 Å². The number of aliphatic hydroxyl groups is 1. The van der Waals surface area contributed by atoms with Crippen LogP contribution < -0.4 is 0 Å². The van der Waals surface area contributed by atoms with Crippen molar-refractivity contribution in [3.8, 4) is 0 Å². The summed E-state index contributed by atoms with van der Waals surface area (Å²) in [5.41, 5.74) is 0. The second-order valence-electron chi connectivity index (χ2n) is 4.89. The Bertz CT molecular complexity index is 150. The predicted octanol–water partition coefficient (Wildman–Crippen LogP) is 2.27. The Kier molecular flexibility index (Phi) is 4.90. The van der Waals surface area contributed by atoms with Crippen LogP contribution in [0.3, 0.4) is 0 Å². The molecule has 1 unspecified atom stereocenters. The molecule has 0 aromatic heterocycles. The Labute approximate surface area is 88.3 Å². The maximum atomic E-state index is 9.46. The van der Waals surface area contributed by atoms with Crippen molar-refractivity contribution in [1.29, 1.82) is 0 Å². The SMILES string of the molecule is CCCC(C1CCC(O)CC1)N(C)C. The third-order valence-corrected chi connectivity index (χ3v) is 3.53. The van der Waals surface area contributed by atoms with Gasteiger partial charge in [0.2, 0.25) is 0 Å². The summed E-state index contributed by atoms with van der Waals surface area (Å²) in [6.45, 7) is 2.26. The lowest BCUT2D eigenvalue weighted by Gasteiger charge is -2.36. The summed E-state index contributed by atoms with van der Waals surface area (Å²) in [4.78, 5) is 2.37. The van der Waals surface area contributed by atoms with Gasteiger partial charge in [0.25, 0.3) is 0 Å². The lowest BCUT2D eigenvalue weighted by molar-refractivity contribution is 0.0753. The second-order valence-corrected chi connectivity index (χ2v) is 4.89. The van der Waals surface area contributed by atoms with Crippen LogP contribution in [0.4, 0.5) is 0 Å². The van der Waals surface area contributed by atoms with E-state index in [2.05, 4.69) is 25.9 Å². The third kappa shape index (κ3) is 3.25. The minimum Gasteiger partial charge on any atom is -0.393 e. The van der Waals surface area contributed by atoms with E-state index >= 15 is 0 Å². The van der Waals surface area contributed by atoms with Crippen molar-refractivity contribution in [2.45, 2.75) is 57.6 Å². The highest BCUT2D eigenvalue weighted by atomic mass is 16.3. The van der Waals surface area contributed by atoms with Crippen molar-refractivity contribution in [2.75, 3.05) is 14.1 Å². The monoisotopic (exact) mass is 199 g/mol. The van der Waals surface area contributed by atoms with E-state index in [1.165, 1.54) is 25.7 Å². The van der Waals surface area contributed by atoms with Gasteiger partial charge in [-0.3, -0.25) is 0 Å². The summed E-state index contributed by atoms with van der Waals surface area (Å²) in [5, 5.41) is 9.46. The smallest absolute Gasteiger partial charge is 0.0540 e. The highest BCUT2D eigenvalue weighted by molar-refractivity contribution is 4.81. The fraction of sp³-hybridized carbons (Fsp3) is 1.00. The fourth-order valence-electron chi connectivity index (χ4n) is 2.70. The standard InChI is InChI=1S/C12H25NO/c1-4-5-12(13(2)3)10-6-8-11(14)9-7-10/h10-12,14H,4-9H2,1-3H3. The molecule has 2 heteroatoms. The number of rotatable bonds is 4. The summed E-state index contributed by atoms with van der Waals surface area (Å²) in [5.74, 6) is 0.813.